The molecule has 2 aliphatic heterocycles. The minimum atomic E-state index is 0.306. The van der Waals surface area contributed by atoms with Gasteiger partial charge in [-0.1, -0.05) is 31.2 Å². The topological polar surface area (TPSA) is 57.9 Å². The summed E-state index contributed by atoms with van der Waals surface area (Å²) in [5.41, 5.74) is 2.63. The average molecular weight is 439 g/mol. The second kappa shape index (κ2) is 10.5. The number of aliphatic imine (C=N–C) groups is 1. The van der Waals surface area contributed by atoms with Crippen molar-refractivity contribution in [3.8, 4) is 0 Å². The van der Waals surface area contributed by atoms with Crippen molar-refractivity contribution in [3.05, 3.63) is 54.1 Å². The number of nitrogens with zero attached hydrogens (tertiary/aromatic N) is 5. The van der Waals surface area contributed by atoms with E-state index in [0.717, 1.165) is 51.6 Å². The lowest BCUT2D eigenvalue weighted by molar-refractivity contribution is -0.0704. The number of nitrogens with one attached hydrogen (secondary N) is 1. The van der Waals surface area contributed by atoms with E-state index in [1.54, 1.807) is 0 Å². The van der Waals surface area contributed by atoms with Crippen LogP contribution in [0, 0.1) is 5.92 Å². The number of benzene rings is 1. The molecule has 0 amide bonds. The summed E-state index contributed by atoms with van der Waals surface area (Å²) in [5, 5.41) is 3.57. The van der Waals surface area contributed by atoms with E-state index in [1.165, 1.54) is 11.1 Å². The Labute approximate surface area is 192 Å². The molecule has 0 aliphatic carbocycles. The highest BCUT2D eigenvalue weighted by Gasteiger charge is 2.29. The molecule has 0 bridgehead atoms. The number of hydrogen-bond acceptors (Lipinski definition) is 4. The van der Waals surface area contributed by atoms with Gasteiger partial charge in [-0.2, -0.15) is 0 Å². The minimum Gasteiger partial charge on any atom is -0.373 e. The summed E-state index contributed by atoms with van der Waals surface area (Å²) in [6, 6.07) is 9.39. The maximum atomic E-state index is 5.85. The first kappa shape index (κ1) is 22.8. The molecule has 1 aromatic heterocycles. The van der Waals surface area contributed by atoms with E-state index < -0.39 is 0 Å². The number of aromatic nitrogens is 2. The third kappa shape index (κ3) is 5.70. The lowest BCUT2D eigenvalue weighted by Gasteiger charge is -2.39. The minimum absolute atomic E-state index is 0.306. The fraction of sp³-hybridized carbons (Fsp3) is 0.600. The standard InChI is InChI=1S/C25H38N6O/c1-19-9-11-30(17-24(19)31-12-10-27-18-31)25(26-4)28-13-22-5-7-23(8-6-22)16-29-14-20(2)32-21(3)15-29/h5-8,10,12,18-21,24H,9,11,13-17H2,1-4H3,(H,26,28). The molecule has 4 atom stereocenters. The lowest BCUT2D eigenvalue weighted by atomic mass is 9.93. The molecule has 0 radical (unpaired) electrons. The number of piperidine rings is 1. The van der Waals surface area contributed by atoms with Gasteiger partial charge in [0.2, 0.25) is 0 Å². The molecule has 174 valence electrons. The third-order valence-electron chi connectivity index (χ3n) is 6.71. The Kier molecular flexibility index (Phi) is 7.48. The average Bonchev–Trinajstić information content (AvgIpc) is 3.30. The molecule has 4 rings (SSSR count). The van der Waals surface area contributed by atoms with Crippen molar-refractivity contribution in [2.75, 3.05) is 33.2 Å². The molecule has 32 heavy (non-hydrogen) atoms. The number of likely N-dealkylation sites (tertiary alicyclic amines) is 1. The first-order chi connectivity index (χ1) is 15.5. The maximum absolute atomic E-state index is 5.85. The van der Waals surface area contributed by atoms with Gasteiger partial charge in [0.1, 0.15) is 0 Å². The third-order valence-corrected chi connectivity index (χ3v) is 6.71. The molecule has 2 aromatic rings. The molecule has 4 unspecified atom stereocenters. The van der Waals surface area contributed by atoms with Crippen LogP contribution in [0.5, 0.6) is 0 Å². The predicted octanol–water partition coefficient (Wildman–Crippen LogP) is 3.15. The van der Waals surface area contributed by atoms with Gasteiger partial charge in [-0.3, -0.25) is 9.89 Å². The summed E-state index contributed by atoms with van der Waals surface area (Å²) in [6.45, 7) is 12.4. The largest absolute Gasteiger partial charge is 0.373 e. The summed E-state index contributed by atoms with van der Waals surface area (Å²) in [5.74, 6) is 1.60. The van der Waals surface area contributed by atoms with E-state index >= 15 is 0 Å². The van der Waals surface area contributed by atoms with Crippen molar-refractivity contribution in [1.29, 1.82) is 0 Å². The lowest BCUT2D eigenvalue weighted by Crippen LogP contribution is -2.48. The Morgan fingerprint density at radius 3 is 2.47 bits per heavy atom. The van der Waals surface area contributed by atoms with Crippen molar-refractivity contribution in [2.45, 2.75) is 58.5 Å². The van der Waals surface area contributed by atoms with Gasteiger partial charge in [0.15, 0.2) is 5.96 Å². The van der Waals surface area contributed by atoms with Crippen molar-refractivity contribution in [1.82, 2.24) is 24.7 Å². The van der Waals surface area contributed by atoms with Gasteiger partial charge < -0.3 is 19.5 Å². The number of hydrogen-bond donors (Lipinski definition) is 1. The molecule has 7 nitrogen and oxygen atoms in total. The van der Waals surface area contributed by atoms with Gasteiger partial charge in [0.25, 0.3) is 0 Å². The highest BCUT2D eigenvalue weighted by Crippen LogP contribution is 2.27. The second-order valence-electron chi connectivity index (χ2n) is 9.46. The van der Waals surface area contributed by atoms with Gasteiger partial charge in [0.05, 0.1) is 24.6 Å². The Bertz CT molecular complexity index is 855. The van der Waals surface area contributed by atoms with E-state index in [4.69, 9.17) is 4.74 Å². The van der Waals surface area contributed by atoms with E-state index in [2.05, 4.69) is 80.9 Å². The normalized spacial score (nSPS) is 27.5. The fourth-order valence-corrected chi connectivity index (χ4v) is 5.04. The Hall–Kier alpha value is -2.38. The monoisotopic (exact) mass is 438 g/mol. The maximum Gasteiger partial charge on any atom is 0.193 e. The number of morpholine rings is 1. The van der Waals surface area contributed by atoms with Crippen molar-refractivity contribution in [3.63, 3.8) is 0 Å². The van der Waals surface area contributed by atoms with Crippen LogP contribution in [-0.2, 0) is 17.8 Å². The quantitative estimate of drug-likeness (QED) is 0.574. The van der Waals surface area contributed by atoms with Crippen molar-refractivity contribution < 1.29 is 4.74 Å². The number of ether oxygens (including phenoxy) is 1. The molecule has 0 saturated carbocycles. The molecule has 2 fully saturated rings. The van der Waals surface area contributed by atoms with Crippen molar-refractivity contribution >= 4 is 5.96 Å². The molecular formula is C25H38N6O. The van der Waals surface area contributed by atoms with Crippen LogP contribution >= 0.6 is 0 Å². The molecule has 2 aliphatic rings. The smallest absolute Gasteiger partial charge is 0.193 e. The Morgan fingerprint density at radius 2 is 1.81 bits per heavy atom. The van der Waals surface area contributed by atoms with E-state index in [-0.39, 0.29) is 0 Å². The molecule has 2 saturated heterocycles. The molecule has 7 heteroatoms. The Morgan fingerprint density at radius 1 is 1.09 bits per heavy atom. The summed E-state index contributed by atoms with van der Waals surface area (Å²) in [6.07, 6.45) is 7.63. The molecular weight excluding hydrogens is 400 g/mol. The van der Waals surface area contributed by atoms with Crippen LogP contribution in [0.3, 0.4) is 0 Å². The second-order valence-corrected chi connectivity index (χ2v) is 9.46. The molecule has 0 spiro atoms. The summed E-state index contributed by atoms with van der Waals surface area (Å²) < 4.78 is 8.09. The Balaban J connectivity index is 1.30. The summed E-state index contributed by atoms with van der Waals surface area (Å²) in [7, 11) is 1.88. The predicted molar refractivity (Wildman–Crippen MR) is 129 cm³/mol. The van der Waals surface area contributed by atoms with Crippen LogP contribution in [0.1, 0.15) is 44.4 Å². The van der Waals surface area contributed by atoms with Crippen LogP contribution in [0.4, 0.5) is 0 Å². The zero-order chi connectivity index (χ0) is 22.5. The summed E-state index contributed by atoms with van der Waals surface area (Å²) >= 11 is 0. The molecule has 3 heterocycles. The first-order valence-electron chi connectivity index (χ1n) is 11.9. The zero-order valence-electron chi connectivity index (χ0n) is 19.9. The van der Waals surface area contributed by atoms with E-state index in [0.29, 0.717) is 24.2 Å². The van der Waals surface area contributed by atoms with Gasteiger partial charge >= 0.3 is 0 Å². The number of rotatable bonds is 5. The van der Waals surface area contributed by atoms with E-state index in [9.17, 15) is 0 Å². The summed E-state index contributed by atoms with van der Waals surface area (Å²) in [4.78, 5) is 13.7. The highest BCUT2D eigenvalue weighted by molar-refractivity contribution is 5.80. The number of guanidine groups is 1. The van der Waals surface area contributed by atoms with Crippen LogP contribution in [0.2, 0.25) is 0 Å². The van der Waals surface area contributed by atoms with Gasteiger partial charge in [0, 0.05) is 58.7 Å². The molecule has 1 N–H and O–H groups in total. The van der Waals surface area contributed by atoms with Crippen LogP contribution < -0.4 is 5.32 Å². The van der Waals surface area contributed by atoms with Crippen molar-refractivity contribution in [2.24, 2.45) is 10.9 Å². The SMILES string of the molecule is CN=C(NCc1ccc(CN2CC(C)OC(C)C2)cc1)N1CCC(C)C(n2ccnc2)C1. The fourth-order valence-electron chi connectivity index (χ4n) is 5.04. The van der Waals surface area contributed by atoms with Crippen LogP contribution in [-0.4, -0.2) is 70.7 Å². The highest BCUT2D eigenvalue weighted by atomic mass is 16.5. The van der Waals surface area contributed by atoms with E-state index in [1.807, 2.05) is 19.6 Å². The zero-order valence-corrected chi connectivity index (χ0v) is 19.9. The van der Waals surface area contributed by atoms with Crippen LogP contribution in [0.15, 0.2) is 48.0 Å². The first-order valence-corrected chi connectivity index (χ1v) is 11.9. The molecule has 1 aromatic carbocycles. The van der Waals surface area contributed by atoms with Gasteiger partial charge in [-0.15, -0.1) is 0 Å². The number of imidazole rings is 1. The van der Waals surface area contributed by atoms with Gasteiger partial charge in [-0.05, 0) is 37.3 Å². The van der Waals surface area contributed by atoms with Crippen LogP contribution in [0.25, 0.3) is 0 Å². The van der Waals surface area contributed by atoms with Gasteiger partial charge in [-0.25, -0.2) is 4.98 Å².